The summed E-state index contributed by atoms with van der Waals surface area (Å²) in [6.07, 6.45) is -5.71. The molecule has 0 saturated carbocycles. The smallest absolute Gasteiger partial charge is 0.435 e. The summed E-state index contributed by atoms with van der Waals surface area (Å²) in [6.45, 7) is 1.46. The molecule has 0 amide bonds. The second-order valence-corrected chi connectivity index (χ2v) is 6.98. The molecule has 0 fully saturated rings. The molecular weight excluding hydrogens is 425 g/mol. The molecule has 1 atom stereocenters. The van der Waals surface area contributed by atoms with Crippen LogP contribution in [0.25, 0.3) is 0 Å². The molecule has 0 spiro atoms. The van der Waals surface area contributed by atoms with Crippen LogP contribution in [0.1, 0.15) is 33.5 Å². The Hall–Kier alpha value is -2.32. The van der Waals surface area contributed by atoms with E-state index in [1.54, 1.807) is 0 Å². The van der Waals surface area contributed by atoms with Gasteiger partial charge in [-0.1, -0.05) is 40.5 Å². The third-order valence-electron chi connectivity index (χ3n) is 4.51. The van der Waals surface area contributed by atoms with Crippen molar-refractivity contribution in [3.8, 4) is 0 Å². The molecular formula is C18H11Cl2F4NO3. The summed E-state index contributed by atoms with van der Waals surface area (Å²) in [4.78, 5) is 16.1. The van der Waals surface area contributed by atoms with Gasteiger partial charge in [-0.25, -0.2) is 9.18 Å². The average Bonchev–Trinajstić information content (AvgIpc) is 3.05. The predicted molar refractivity (Wildman–Crippen MR) is 94.5 cm³/mol. The van der Waals surface area contributed by atoms with Crippen molar-refractivity contribution >= 4 is 34.9 Å². The normalized spacial score (nSPS) is 19.3. The van der Waals surface area contributed by atoms with Crippen LogP contribution in [0, 0.1) is 12.7 Å². The Bertz CT molecular complexity index is 984. The molecule has 0 bridgehead atoms. The quantitative estimate of drug-likeness (QED) is 0.495. The van der Waals surface area contributed by atoms with Gasteiger partial charge in [-0.3, -0.25) is 0 Å². The lowest BCUT2D eigenvalue weighted by Crippen LogP contribution is -2.42. The van der Waals surface area contributed by atoms with Gasteiger partial charge in [-0.2, -0.15) is 13.2 Å². The number of rotatable bonds is 3. The summed E-state index contributed by atoms with van der Waals surface area (Å²) in [6, 6.07) is 5.74. The fourth-order valence-electron chi connectivity index (χ4n) is 3.02. The van der Waals surface area contributed by atoms with Gasteiger partial charge in [0.15, 0.2) is 5.82 Å². The lowest BCUT2D eigenvalue weighted by Gasteiger charge is -2.29. The number of hydrogen-bond donors (Lipinski definition) is 1. The van der Waals surface area contributed by atoms with Crippen molar-refractivity contribution in [2.75, 3.05) is 0 Å². The molecule has 1 N–H and O–H groups in total. The van der Waals surface area contributed by atoms with Crippen LogP contribution >= 0.6 is 23.2 Å². The third kappa shape index (κ3) is 3.20. The molecule has 1 unspecified atom stereocenters. The Balaban J connectivity index is 2.10. The van der Waals surface area contributed by atoms with Crippen LogP contribution in [-0.4, -0.2) is 23.0 Å². The molecule has 148 valence electrons. The number of carbonyl (C=O) groups is 1. The maximum atomic E-state index is 14.0. The number of hydrogen-bond acceptors (Lipinski definition) is 3. The zero-order chi connectivity index (χ0) is 20.9. The van der Waals surface area contributed by atoms with Gasteiger partial charge in [-0.15, -0.1) is 0 Å². The molecule has 1 aliphatic heterocycles. The highest BCUT2D eigenvalue weighted by Crippen LogP contribution is 2.50. The number of benzene rings is 2. The molecule has 0 aliphatic carbocycles. The molecule has 2 aromatic carbocycles. The second-order valence-electron chi connectivity index (χ2n) is 6.17. The van der Waals surface area contributed by atoms with Crippen molar-refractivity contribution < 1.29 is 32.3 Å². The topological polar surface area (TPSA) is 58.9 Å². The van der Waals surface area contributed by atoms with E-state index >= 15 is 0 Å². The fourth-order valence-corrected chi connectivity index (χ4v) is 3.50. The maximum absolute atomic E-state index is 14.0. The Morgan fingerprint density at radius 2 is 1.86 bits per heavy atom. The van der Waals surface area contributed by atoms with Gasteiger partial charge in [-0.05, 0) is 30.7 Å². The van der Waals surface area contributed by atoms with Crippen molar-refractivity contribution in [3.05, 3.63) is 68.4 Å². The molecule has 0 saturated heterocycles. The van der Waals surface area contributed by atoms with Gasteiger partial charge in [0.1, 0.15) is 0 Å². The minimum atomic E-state index is -4.94. The Morgan fingerprint density at radius 3 is 2.39 bits per heavy atom. The van der Waals surface area contributed by atoms with E-state index in [0.29, 0.717) is 0 Å². The summed E-state index contributed by atoms with van der Waals surface area (Å²) in [5.41, 5.74) is -3.18. The first-order valence-corrected chi connectivity index (χ1v) is 8.53. The van der Waals surface area contributed by atoms with Crippen LogP contribution in [0.2, 0.25) is 10.0 Å². The minimum absolute atomic E-state index is 0.0717. The first-order chi connectivity index (χ1) is 13.0. The number of halogens is 6. The SMILES string of the molecule is Cc1c(C(=O)O)cccc1C1=NOC(c2cc(Cl)c(F)c(Cl)c2)(C(F)(F)F)C1. The van der Waals surface area contributed by atoms with Gasteiger partial charge in [0.05, 0.1) is 21.3 Å². The number of oxime groups is 1. The van der Waals surface area contributed by atoms with E-state index in [0.717, 1.165) is 12.1 Å². The number of alkyl halides is 3. The summed E-state index contributed by atoms with van der Waals surface area (Å²) in [7, 11) is 0. The number of carboxylic acids is 1. The van der Waals surface area contributed by atoms with E-state index in [-0.39, 0.29) is 22.4 Å². The standard InChI is InChI=1S/C18H11Cl2F4NO3/c1-8-10(3-2-4-11(8)16(26)27)14-7-17(28-25-14,18(22,23)24)9-5-12(19)15(21)13(20)6-9/h2-6H,7H2,1H3,(H,26,27). The third-order valence-corrected chi connectivity index (χ3v) is 5.06. The molecule has 4 nitrogen and oxygen atoms in total. The van der Waals surface area contributed by atoms with Crippen molar-refractivity contribution in [1.82, 2.24) is 0 Å². The summed E-state index contributed by atoms with van der Waals surface area (Å²) < 4.78 is 55.6. The zero-order valence-corrected chi connectivity index (χ0v) is 15.6. The molecule has 1 heterocycles. The molecule has 3 rings (SSSR count). The molecule has 1 aliphatic rings. The lowest BCUT2D eigenvalue weighted by molar-refractivity contribution is -0.275. The Morgan fingerprint density at radius 1 is 1.25 bits per heavy atom. The van der Waals surface area contributed by atoms with Crippen LogP contribution in [0.15, 0.2) is 35.5 Å². The monoisotopic (exact) mass is 435 g/mol. The first-order valence-electron chi connectivity index (χ1n) is 7.78. The van der Waals surface area contributed by atoms with Crippen molar-refractivity contribution in [2.24, 2.45) is 5.16 Å². The van der Waals surface area contributed by atoms with E-state index in [1.807, 2.05) is 0 Å². The molecule has 2 aromatic rings. The Kier molecular flexibility index (Phi) is 5.05. The second kappa shape index (κ2) is 6.93. The van der Waals surface area contributed by atoms with Crippen LogP contribution in [0.4, 0.5) is 17.6 Å². The number of aromatic carboxylic acids is 1. The predicted octanol–water partition coefficient (Wildman–Crippen LogP) is 5.72. The van der Waals surface area contributed by atoms with Gasteiger partial charge >= 0.3 is 12.1 Å². The van der Waals surface area contributed by atoms with E-state index in [1.165, 1.54) is 25.1 Å². The number of nitrogens with zero attached hydrogens (tertiary/aromatic N) is 1. The van der Waals surface area contributed by atoms with Crippen LogP contribution in [0.5, 0.6) is 0 Å². The largest absolute Gasteiger partial charge is 0.478 e. The van der Waals surface area contributed by atoms with E-state index in [9.17, 15) is 27.5 Å². The minimum Gasteiger partial charge on any atom is -0.478 e. The number of carboxylic acid groups (broad SMARTS) is 1. The Labute approximate surface area is 166 Å². The summed E-state index contributed by atoms with van der Waals surface area (Å²) in [5.74, 6) is -2.27. The van der Waals surface area contributed by atoms with Gasteiger partial charge in [0.25, 0.3) is 5.60 Å². The van der Waals surface area contributed by atoms with Gasteiger partial charge < -0.3 is 9.94 Å². The van der Waals surface area contributed by atoms with Crippen LogP contribution < -0.4 is 0 Å². The first kappa shape index (κ1) is 20.4. The fraction of sp³-hybridized carbons (Fsp3) is 0.222. The highest BCUT2D eigenvalue weighted by molar-refractivity contribution is 6.35. The van der Waals surface area contributed by atoms with Gasteiger partial charge in [0, 0.05) is 17.5 Å². The van der Waals surface area contributed by atoms with E-state index in [4.69, 9.17) is 28.0 Å². The lowest BCUT2D eigenvalue weighted by atomic mass is 9.85. The maximum Gasteiger partial charge on any atom is 0.435 e. The highest BCUT2D eigenvalue weighted by atomic mass is 35.5. The van der Waals surface area contributed by atoms with E-state index in [2.05, 4.69) is 5.16 Å². The van der Waals surface area contributed by atoms with E-state index < -0.39 is 45.6 Å². The summed E-state index contributed by atoms with van der Waals surface area (Å²) in [5, 5.41) is 11.6. The molecule has 28 heavy (non-hydrogen) atoms. The van der Waals surface area contributed by atoms with Crippen LogP contribution in [0.3, 0.4) is 0 Å². The highest BCUT2D eigenvalue weighted by Gasteiger charge is 2.62. The van der Waals surface area contributed by atoms with Gasteiger partial charge in [0.2, 0.25) is 0 Å². The molecule has 10 heteroatoms. The van der Waals surface area contributed by atoms with Crippen molar-refractivity contribution in [2.45, 2.75) is 25.1 Å². The molecule has 0 aromatic heterocycles. The van der Waals surface area contributed by atoms with Crippen molar-refractivity contribution in [1.29, 1.82) is 0 Å². The van der Waals surface area contributed by atoms with Crippen LogP contribution in [-0.2, 0) is 10.4 Å². The molecule has 0 radical (unpaired) electrons. The zero-order valence-electron chi connectivity index (χ0n) is 14.1. The summed E-state index contributed by atoms with van der Waals surface area (Å²) >= 11 is 11.3. The van der Waals surface area contributed by atoms with Crippen molar-refractivity contribution in [3.63, 3.8) is 0 Å². The average molecular weight is 436 g/mol.